The lowest BCUT2D eigenvalue weighted by Crippen LogP contribution is -2.25. The number of para-hydroxylation sites is 1. The van der Waals surface area contributed by atoms with Crippen molar-refractivity contribution in [1.82, 2.24) is 0 Å². The average Bonchev–Trinajstić information content (AvgIpc) is 2.19. The minimum atomic E-state index is 0.250. The van der Waals surface area contributed by atoms with Gasteiger partial charge >= 0.3 is 6.15 Å². The first-order valence-corrected chi connectivity index (χ1v) is 4.40. The molecule has 0 aliphatic carbocycles. The van der Waals surface area contributed by atoms with Gasteiger partial charge in [0.2, 0.25) is 0 Å². The third kappa shape index (κ3) is 4.43. The Morgan fingerprint density at radius 2 is 1.57 bits per heavy atom. The molecule has 0 saturated carbocycles. The molecule has 0 bridgehead atoms. The topological polar surface area (TPSA) is 37.4 Å². The van der Waals surface area contributed by atoms with Crippen LogP contribution in [-0.4, -0.2) is 19.2 Å². The monoisotopic (exact) mass is 193 g/mol. The summed E-state index contributed by atoms with van der Waals surface area (Å²) in [5.74, 6) is 0. The maximum absolute atomic E-state index is 8.12. The van der Waals surface area contributed by atoms with Gasteiger partial charge in [0.15, 0.2) is 0 Å². The second-order valence-electron chi connectivity index (χ2n) is 3.12. The fraction of sp³-hybridized carbons (Fsp3) is 0.364. The zero-order valence-corrected chi connectivity index (χ0v) is 8.73. The van der Waals surface area contributed by atoms with E-state index in [0.29, 0.717) is 6.04 Å². The van der Waals surface area contributed by atoms with Gasteiger partial charge in [-0.2, -0.15) is 9.59 Å². The Bertz CT molecular complexity index is 277. The third-order valence-electron chi connectivity index (χ3n) is 1.94. The molecule has 0 N–H and O–H groups in total. The first-order chi connectivity index (χ1) is 6.63. The molecule has 1 aromatic carbocycles. The molecule has 0 aliphatic heterocycles. The van der Waals surface area contributed by atoms with Crippen molar-refractivity contribution >= 4 is 11.8 Å². The van der Waals surface area contributed by atoms with Gasteiger partial charge in [0.1, 0.15) is 0 Å². The van der Waals surface area contributed by atoms with E-state index in [1.54, 1.807) is 0 Å². The van der Waals surface area contributed by atoms with Crippen molar-refractivity contribution in [3.63, 3.8) is 0 Å². The molecule has 14 heavy (non-hydrogen) atoms. The highest BCUT2D eigenvalue weighted by molar-refractivity contribution is 5.45. The highest BCUT2D eigenvalue weighted by Gasteiger charge is 2.01. The summed E-state index contributed by atoms with van der Waals surface area (Å²) < 4.78 is 0. The molecule has 0 aromatic heterocycles. The van der Waals surface area contributed by atoms with Crippen LogP contribution in [0.5, 0.6) is 0 Å². The van der Waals surface area contributed by atoms with E-state index in [-0.39, 0.29) is 6.15 Å². The van der Waals surface area contributed by atoms with E-state index in [9.17, 15) is 0 Å². The predicted octanol–water partition coefficient (Wildman–Crippen LogP) is 1.95. The molecular weight excluding hydrogens is 178 g/mol. The lowest BCUT2D eigenvalue weighted by Gasteiger charge is -2.23. The lowest BCUT2D eigenvalue weighted by atomic mass is 10.2. The minimum Gasteiger partial charge on any atom is -0.372 e. The molecule has 0 spiro atoms. The molecule has 0 aliphatic rings. The largest absolute Gasteiger partial charge is 0.373 e. The minimum absolute atomic E-state index is 0.250. The van der Waals surface area contributed by atoms with Crippen LogP contribution in [-0.2, 0) is 9.59 Å². The van der Waals surface area contributed by atoms with Crippen LogP contribution in [0, 0.1) is 0 Å². The van der Waals surface area contributed by atoms with Gasteiger partial charge in [0.25, 0.3) is 0 Å². The van der Waals surface area contributed by atoms with E-state index in [0.717, 1.165) is 0 Å². The van der Waals surface area contributed by atoms with E-state index in [1.165, 1.54) is 5.69 Å². The van der Waals surface area contributed by atoms with Crippen LogP contribution < -0.4 is 4.90 Å². The number of benzene rings is 1. The standard InChI is InChI=1S/C10H15N.CO2/c1-9(2)11(3)10-7-5-4-6-8-10;2-1-3/h4-9H,1-3H3;. The summed E-state index contributed by atoms with van der Waals surface area (Å²) in [5, 5.41) is 0. The molecule has 0 saturated heterocycles. The quantitative estimate of drug-likeness (QED) is 0.720. The van der Waals surface area contributed by atoms with Gasteiger partial charge in [-0.15, -0.1) is 0 Å². The Kier molecular flexibility index (Phi) is 6.08. The van der Waals surface area contributed by atoms with Crippen molar-refractivity contribution in [3.8, 4) is 0 Å². The molecule has 0 amide bonds. The Hall–Kier alpha value is -1.60. The molecule has 0 unspecified atom stereocenters. The number of rotatable bonds is 2. The van der Waals surface area contributed by atoms with E-state index >= 15 is 0 Å². The van der Waals surface area contributed by atoms with Crippen LogP contribution in [0.25, 0.3) is 0 Å². The molecular formula is C11H15NO2. The molecule has 0 fully saturated rings. The van der Waals surface area contributed by atoms with Crippen LogP contribution in [0.1, 0.15) is 13.8 Å². The van der Waals surface area contributed by atoms with E-state index in [2.05, 4.69) is 50.1 Å². The van der Waals surface area contributed by atoms with Crippen LogP contribution >= 0.6 is 0 Å². The Morgan fingerprint density at radius 3 is 1.93 bits per heavy atom. The summed E-state index contributed by atoms with van der Waals surface area (Å²) >= 11 is 0. The maximum Gasteiger partial charge on any atom is 0.373 e. The van der Waals surface area contributed by atoms with Crippen LogP contribution in [0.3, 0.4) is 0 Å². The maximum atomic E-state index is 8.12. The molecule has 1 aromatic rings. The Balaban J connectivity index is 0.000000500. The van der Waals surface area contributed by atoms with E-state index in [4.69, 9.17) is 9.59 Å². The average molecular weight is 193 g/mol. The molecule has 0 atom stereocenters. The summed E-state index contributed by atoms with van der Waals surface area (Å²) in [7, 11) is 2.11. The second kappa shape index (κ2) is 6.87. The summed E-state index contributed by atoms with van der Waals surface area (Å²) in [5.41, 5.74) is 1.28. The second-order valence-corrected chi connectivity index (χ2v) is 3.12. The number of hydrogen-bond donors (Lipinski definition) is 0. The molecule has 3 heteroatoms. The summed E-state index contributed by atoms with van der Waals surface area (Å²) in [6.07, 6.45) is 0.250. The fourth-order valence-electron chi connectivity index (χ4n) is 0.961. The summed E-state index contributed by atoms with van der Waals surface area (Å²) in [6.45, 7) is 4.38. The molecule has 0 heterocycles. The first kappa shape index (κ1) is 12.4. The third-order valence-corrected chi connectivity index (χ3v) is 1.94. The molecule has 0 radical (unpaired) electrons. The Labute approximate surface area is 84.3 Å². The van der Waals surface area contributed by atoms with E-state index < -0.39 is 0 Å². The van der Waals surface area contributed by atoms with Crippen LogP contribution in [0.15, 0.2) is 30.3 Å². The van der Waals surface area contributed by atoms with Crippen molar-refractivity contribution in [2.75, 3.05) is 11.9 Å². The smallest absolute Gasteiger partial charge is 0.372 e. The summed E-state index contributed by atoms with van der Waals surface area (Å²) in [4.78, 5) is 18.5. The van der Waals surface area contributed by atoms with Crippen molar-refractivity contribution in [2.45, 2.75) is 19.9 Å². The van der Waals surface area contributed by atoms with Crippen molar-refractivity contribution < 1.29 is 9.59 Å². The summed E-state index contributed by atoms with van der Waals surface area (Å²) in [6, 6.07) is 11.0. The van der Waals surface area contributed by atoms with Crippen molar-refractivity contribution in [3.05, 3.63) is 30.3 Å². The number of hydrogen-bond acceptors (Lipinski definition) is 3. The number of carbonyl (C=O) groups excluding carboxylic acids is 2. The molecule has 1 rings (SSSR count). The number of nitrogens with zero attached hydrogens (tertiary/aromatic N) is 1. The van der Waals surface area contributed by atoms with Gasteiger partial charge in [0.05, 0.1) is 0 Å². The first-order valence-electron chi connectivity index (χ1n) is 4.40. The zero-order chi connectivity index (χ0) is 11.0. The Morgan fingerprint density at radius 1 is 1.14 bits per heavy atom. The SMILES string of the molecule is CC(C)N(C)c1ccccc1.O=C=O. The highest BCUT2D eigenvalue weighted by atomic mass is 16.2. The zero-order valence-electron chi connectivity index (χ0n) is 8.73. The van der Waals surface area contributed by atoms with Gasteiger partial charge in [0, 0.05) is 18.8 Å². The molecule has 3 nitrogen and oxygen atoms in total. The van der Waals surface area contributed by atoms with Gasteiger partial charge in [-0.1, -0.05) is 18.2 Å². The molecule has 76 valence electrons. The highest BCUT2D eigenvalue weighted by Crippen LogP contribution is 2.12. The van der Waals surface area contributed by atoms with Gasteiger partial charge in [-0.05, 0) is 26.0 Å². The van der Waals surface area contributed by atoms with Gasteiger partial charge in [-0.3, -0.25) is 0 Å². The number of anilines is 1. The van der Waals surface area contributed by atoms with Gasteiger partial charge in [-0.25, -0.2) is 0 Å². The van der Waals surface area contributed by atoms with Crippen molar-refractivity contribution in [2.24, 2.45) is 0 Å². The van der Waals surface area contributed by atoms with E-state index in [1.807, 2.05) is 6.07 Å². The normalized spacial score (nSPS) is 8.57. The van der Waals surface area contributed by atoms with Crippen molar-refractivity contribution in [1.29, 1.82) is 0 Å². The predicted molar refractivity (Wildman–Crippen MR) is 55.0 cm³/mol. The van der Waals surface area contributed by atoms with Crippen LogP contribution in [0.2, 0.25) is 0 Å². The van der Waals surface area contributed by atoms with Gasteiger partial charge < -0.3 is 4.90 Å². The lowest BCUT2D eigenvalue weighted by molar-refractivity contribution is -0.191. The van der Waals surface area contributed by atoms with Crippen LogP contribution in [0.4, 0.5) is 5.69 Å². The fourth-order valence-corrected chi connectivity index (χ4v) is 0.961.